The fourth-order valence-corrected chi connectivity index (χ4v) is 2.45. The zero-order valence-corrected chi connectivity index (χ0v) is 11.5. The number of methoxy groups -OCH3 is 1. The molecule has 0 unspecified atom stereocenters. The first-order chi connectivity index (χ1) is 8.31. The highest BCUT2D eigenvalue weighted by atomic mass is 35.5. The van der Waals surface area contributed by atoms with Gasteiger partial charge in [0.15, 0.2) is 0 Å². The summed E-state index contributed by atoms with van der Waals surface area (Å²) >= 11 is 0. The molecule has 1 aromatic rings. The van der Waals surface area contributed by atoms with E-state index < -0.39 is 0 Å². The first-order valence-corrected chi connectivity index (χ1v) is 6.16. The molecule has 3 nitrogen and oxygen atoms in total. The van der Waals surface area contributed by atoms with Crippen LogP contribution in [0.1, 0.15) is 29.9 Å². The smallest absolute Gasteiger partial charge is 0.309 e. The van der Waals surface area contributed by atoms with E-state index in [0.717, 1.165) is 31.5 Å². The van der Waals surface area contributed by atoms with Crippen LogP contribution < -0.4 is 5.32 Å². The molecule has 0 saturated carbocycles. The van der Waals surface area contributed by atoms with Crippen molar-refractivity contribution in [3.63, 3.8) is 0 Å². The Kier molecular flexibility index (Phi) is 6.16. The number of halogens is 1. The minimum atomic E-state index is -0.161. The summed E-state index contributed by atoms with van der Waals surface area (Å²) in [5.41, 5.74) is 2.44. The molecule has 0 aromatic heterocycles. The van der Waals surface area contributed by atoms with E-state index >= 15 is 0 Å². The summed E-state index contributed by atoms with van der Waals surface area (Å²) in [5, 5.41) is 3.36. The molecule has 1 heterocycles. The molecule has 100 valence electrons. The summed E-state index contributed by atoms with van der Waals surface area (Å²) < 4.78 is 4.75. The number of hydrogen-bond acceptors (Lipinski definition) is 3. The highest BCUT2D eigenvalue weighted by molar-refractivity contribution is 5.85. The van der Waals surface area contributed by atoms with Gasteiger partial charge in [-0.1, -0.05) is 24.3 Å². The van der Waals surface area contributed by atoms with Crippen LogP contribution in [0.25, 0.3) is 0 Å². The molecule has 1 aromatic carbocycles. The number of ether oxygens (including phenoxy) is 1. The second kappa shape index (κ2) is 7.39. The standard InChI is InChI=1S/C14H19NO2.ClH/c1-17-14(16)10-12-4-2-3-5-13(12)11-6-8-15-9-7-11;/h2-5,11,15H,6-10H2,1H3;1H. The van der Waals surface area contributed by atoms with Crippen LogP contribution in [0.2, 0.25) is 0 Å². The molecule has 0 bridgehead atoms. The molecule has 1 aliphatic rings. The number of nitrogens with one attached hydrogen (secondary N) is 1. The van der Waals surface area contributed by atoms with Crippen LogP contribution in [0.15, 0.2) is 24.3 Å². The molecule has 1 N–H and O–H groups in total. The summed E-state index contributed by atoms with van der Waals surface area (Å²) in [5.74, 6) is 0.420. The maximum atomic E-state index is 11.4. The van der Waals surface area contributed by atoms with E-state index in [4.69, 9.17) is 4.74 Å². The van der Waals surface area contributed by atoms with E-state index in [0.29, 0.717) is 12.3 Å². The monoisotopic (exact) mass is 269 g/mol. The Balaban J connectivity index is 0.00000162. The molecular formula is C14H20ClNO2. The zero-order valence-electron chi connectivity index (χ0n) is 10.6. The third-order valence-electron chi connectivity index (χ3n) is 3.40. The Labute approximate surface area is 114 Å². The Morgan fingerprint density at radius 1 is 1.33 bits per heavy atom. The van der Waals surface area contributed by atoms with Crippen molar-refractivity contribution in [1.29, 1.82) is 0 Å². The predicted octanol–water partition coefficient (Wildman–Crippen LogP) is 2.29. The molecule has 0 amide bonds. The number of hydrogen-bond donors (Lipinski definition) is 1. The van der Waals surface area contributed by atoms with Gasteiger partial charge in [-0.25, -0.2) is 0 Å². The lowest BCUT2D eigenvalue weighted by Gasteiger charge is -2.24. The SMILES string of the molecule is COC(=O)Cc1ccccc1C1CCNCC1.Cl. The van der Waals surface area contributed by atoms with Gasteiger partial charge < -0.3 is 10.1 Å². The van der Waals surface area contributed by atoms with E-state index in [-0.39, 0.29) is 18.4 Å². The van der Waals surface area contributed by atoms with Gasteiger partial charge in [0, 0.05) is 0 Å². The van der Waals surface area contributed by atoms with Gasteiger partial charge in [-0.05, 0) is 43.0 Å². The molecule has 1 fully saturated rings. The maximum Gasteiger partial charge on any atom is 0.309 e. The van der Waals surface area contributed by atoms with Crippen molar-refractivity contribution in [3.05, 3.63) is 35.4 Å². The van der Waals surface area contributed by atoms with Crippen molar-refractivity contribution in [2.75, 3.05) is 20.2 Å². The van der Waals surface area contributed by atoms with E-state index in [1.807, 2.05) is 12.1 Å². The van der Waals surface area contributed by atoms with Crippen LogP contribution in [-0.4, -0.2) is 26.2 Å². The lowest BCUT2D eigenvalue weighted by molar-refractivity contribution is -0.139. The normalized spacial score (nSPS) is 15.8. The lowest BCUT2D eigenvalue weighted by Crippen LogP contribution is -2.27. The maximum absolute atomic E-state index is 11.4. The van der Waals surface area contributed by atoms with E-state index in [2.05, 4.69) is 17.4 Å². The zero-order chi connectivity index (χ0) is 12.1. The van der Waals surface area contributed by atoms with E-state index in [1.165, 1.54) is 12.7 Å². The third-order valence-corrected chi connectivity index (χ3v) is 3.40. The summed E-state index contributed by atoms with van der Waals surface area (Å²) in [4.78, 5) is 11.4. The average Bonchev–Trinajstić information content (AvgIpc) is 2.40. The summed E-state index contributed by atoms with van der Waals surface area (Å²) in [6, 6.07) is 8.23. The van der Waals surface area contributed by atoms with Gasteiger partial charge in [-0.15, -0.1) is 12.4 Å². The quantitative estimate of drug-likeness (QED) is 0.856. The first kappa shape index (κ1) is 15.0. The average molecular weight is 270 g/mol. The minimum absolute atomic E-state index is 0. The van der Waals surface area contributed by atoms with Gasteiger partial charge in [0.25, 0.3) is 0 Å². The number of esters is 1. The van der Waals surface area contributed by atoms with Gasteiger partial charge in [0.1, 0.15) is 0 Å². The largest absolute Gasteiger partial charge is 0.469 e. The van der Waals surface area contributed by atoms with Crippen molar-refractivity contribution in [2.24, 2.45) is 0 Å². The Morgan fingerprint density at radius 3 is 2.67 bits per heavy atom. The van der Waals surface area contributed by atoms with Crippen molar-refractivity contribution in [2.45, 2.75) is 25.2 Å². The van der Waals surface area contributed by atoms with Crippen LogP contribution in [0.5, 0.6) is 0 Å². The second-order valence-electron chi connectivity index (χ2n) is 4.48. The lowest BCUT2D eigenvalue weighted by atomic mass is 9.86. The van der Waals surface area contributed by atoms with Gasteiger partial charge >= 0.3 is 5.97 Å². The number of rotatable bonds is 3. The predicted molar refractivity (Wildman–Crippen MR) is 74.3 cm³/mol. The van der Waals surface area contributed by atoms with Crippen LogP contribution in [-0.2, 0) is 16.0 Å². The third kappa shape index (κ3) is 3.72. The molecule has 0 atom stereocenters. The minimum Gasteiger partial charge on any atom is -0.469 e. The molecule has 18 heavy (non-hydrogen) atoms. The van der Waals surface area contributed by atoms with Gasteiger partial charge in [-0.2, -0.15) is 0 Å². The van der Waals surface area contributed by atoms with Crippen LogP contribution >= 0.6 is 12.4 Å². The summed E-state index contributed by atoms with van der Waals surface area (Å²) in [6.07, 6.45) is 2.69. The van der Waals surface area contributed by atoms with Crippen molar-refractivity contribution < 1.29 is 9.53 Å². The van der Waals surface area contributed by atoms with Crippen molar-refractivity contribution >= 4 is 18.4 Å². The van der Waals surface area contributed by atoms with E-state index in [9.17, 15) is 4.79 Å². The fourth-order valence-electron chi connectivity index (χ4n) is 2.45. The van der Waals surface area contributed by atoms with Crippen LogP contribution in [0.3, 0.4) is 0 Å². The topological polar surface area (TPSA) is 38.3 Å². The molecule has 0 spiro atoms. The molecule has 1 aliphatic heterocycles. The van der Waals surface area contributed by atoms with Gasteiger partial charge in [-0.3, -0.25) is 4.79 Å². The fraction of sp³-hybridized carbons (Fsp3) is 0.500. The van der Waals surface area contributed by atoms with Crippen LogP contribution in [0.4, 0.5) is 0 Å². The molecule has 1 saturated heterocycles. The number of carbonyl (C=O) groups excluding carboxylic acids is 1. The van der Waals surface area contributed by atoms with Gasteiger partial charge in [0.05, 0.1) is 13.5 Å². The number of piperidine rings is 1. The highest BCUT2D eigenvalue weighted by Crippen LogP contribution is 2.28. The summed E-state index contributed by atoms with van der Waals surface area (Å²) in [7, 11) is 1.44. The molecule has 0 radical (unpaired) electrons. The van der Waals surface area contributed by atoms with Crippen molar-refractivity contribution in [3.8, 4) is 0 Å². The molecular weight excluding hydrogens is 250 g/mol. The molecule has 2 rings (SSSR count). The number of benzene rings is 1. The van der Waals surface area contributed by atoms with Crippen molar-refractivity contribution in [1.82, 2.24) is 5.32 Å². The Bertz CT molecular complexity index is 389. The highest BCUT2D eigenvalue weighted by Gasteiger charge is 2.18. The summed E-state index contributed by atoms with van der Waals surface area (Å²) in [6.45, 7) is 2.13. The first-order valence-electron chi connectivity index (χ1n) is 6.16. The number of carbonyl (C=O) groups is 1. The molecule has 0 aliphatic carbocycles. The Hall–Kier alpha value is -1.06. The van der Waals surface area contributed by atoms with Crippen LogP contribution in [0, 0.1) is 0 Å². The molecule has 4 heteroatoms. The van der Waals surface area contributed by atoms with E-state index in [1.54, 1.807) is 0 Å². The Morgan fingerprint density at radius 2 is 2.00 bits per heavy atom. The second-order valence-corrected chi connectivity index (χ2v) is 4.48. The van der Waals surface area contributed by atoms with Gasteiger partial charge in [0.2, 0.25) is 0 Å².